The molecule has 0 heterocycles. The van der Waals surface area contributed by atoms with Gasteiger partial charge in [-0.15, -0.1) is 0 Å². The first-order valence-electron chi connectivity index (χ1n) is 5.67. The fourth-order valence-electron chi connectivity index (χ4n) is 1.62. The van der Waals surface area contributed by atoms with Crippen LogP contribution < -0.4 is 0 Å². The summed E-state index contributed by atoms with van der Waals surface area (Å²) in [5, 5.41) is 9.90. The zero-order valence-corrected chi connectivity index (χ0v) is 10.8. The Morgan fingerprint density at radius 2 is 1.80 bits per heavy atom. The Labute approximate surface area is 101 Å². The Kier molecular flexibility index (Phi) is 5.96. The predicted octanol–water partition coefficient (Wildman–Crippen LogP) is 4.45. The minimum atomic E-state index is -0.296. The summed E-state index contributed by atoms with van der Waals surface area (Å²) in [4.78, 5) is 0. The van der Waals surface area contributed by atoms with E-state index < -0.39 is 0 Å². The zero-order valence-electron chi connectivity index (χ0n) is 9.25. The molecule has 0 aliphatic rings. The molecule has 1 atom stereocenters. The lowest BCUT2D eigenvalue weighted by Crippen LogP contribution is -1.96. The second-order valence-corrected chi connectivity index (χ2v) is 4.83. The van der Waals surface area contributed by atoms with Crippen LogP contribution in [0.15, 0.2) is 28.7 Å². The highest BCUT2D eigenvalue weighted by atomic mass is 79.9. The second kappa shape index (κ2) is 7.02. The van der Waals surface area contributed by atoms with Gasteiger partial charge in [0.15, 0.2) is 0 Å². The number of unbranched alkanes of at least 4 members (excludes halogenated alkanes) is 3. The Morgan fingerprint density at radius 3 is 2.40 bits per heavy atom. The normalized spacial score (nSPS) is 12.7. The van der Waals surface area contributed by atoms with Gasteiger partial charge in [-0.3, -0.25) is 0 Å². The summed E-state index contributed by atoms with van der Waals surface area (Å²) >= 11 is 3.39. The van der Waals surface area contributed by atoms with Gasteiger partial charge in [-0.1, -0.05) is 60.7 Å². The first-order chi connectivity index (χ1) is 7.24. The van der Waals surface area contributed by atoms with Crippen LogP contribution in [0.25, 0.3) is 0 Å². The average Bonchev–Trinajstić information content (AvgIpc) is 2.25. The van der Waals surface area contributed by atoms with Crippen LogP contribution in [-0.2, 0) is 0 Å². The van der Waals surface area contributed by atoms with Crippen LogP contribution in [0.5, 0.6) is 0 Å². The maximum absolute atomic E-state index is 9.90. The Hall–Kier alpha value is -0.340. The summed E-state index contributed by atoms with van der Waals surface area (Å²) in [5.74, 6) is 0. The third-order valence-corrected chi connectivity index (χ3v) is 3.11. The minimum Gasteiger partial charge on any atom is -0.388 e. The molecule has 0 aliphatic heterocycles. The number of benzene rings is 1. The van der Waals surface area contributed by atoms with Crippen molar-refractivity contribution in [1.82, 2.24) is 0 Å². The molecule has 1 rings (SSSR count). The lowest BCUT2D eigenvalue weighted by Gasteiger charge is -2.10. The van der Waals surface area contributed by atoms with Crippen LogP contribution in [0, 0.1) is 0 Å². The molecule has 0 aromatic heterocycles. The predicted molar refractivity (Wildman–Crippen MR) is 67.9 cm³/mol. The van der Waals surface area contributed by atoms with Crippen molar-refractivity contribution in [2.24, 2.45) is 0 Å². The zero-order chi connectivity index (χ0) is 11.1. The van der Waals surface area contributed by atoms with Crippen molar-refractivity contribution in [2.75, 3.05) is 0 Å². The van der Waals surface area contributed by atoms with Gasteiger partial charge in [0.1, 0.15) is 0 Å². The van der Waals surface area contributed by atoms with Crippen molar-refractivity contribution in [3.05, 3.63) is 34.3 Å². The Balaban J connectivity index is 2.33. The SMILES string of the molecule is CCCCCCC(O)c1ccc(Br)cc1. The largest absolute Gasteiger partial charge is 0.388 e. The monoisotopic (exact) mass is 270 g/mol. The van der Waals surface area contributed by atoms with Gasteiger partial charge in [-0.25, -0.2) is 0 Å². The van der Waals surface area contributed by atoms with Crippen molar-refractivity contribution < 1.29 is 5.11 Å². The summed E-state index contributed by atoms with van der Waals surface area (Å²) in [6.07, 6.45) is 5.44. The van der Waals surface area contributed by atoms with Gasteiger partial charge >= 0.3 is 0 Å². The molecule has 84 valence electrons. The molecule has 0 bridgehead atoms. The number of hydrogen-bond donors (Lipinski definition) is 1. The third-order valence-electron chi connectivity index (χ3n) is 2.59. The number of aliphatic hydroxyl groups is 1. The molecule has 1 aromatic carbocycles. The highest BCUT2D eigenvalue weighted by Crippen LogP contribution is 2.21. The number of aliphatic hydroxyl groups excluding tert-OH is 1. The fraction of sp³-hybridized carbons (Fsp3) is 0.538. The highest BCUT2D eigenvalue weighted by Gasteiger charge is 2.06. The van der Waals surface area contributed by atoms with Gasteiger partial charge in [0, 0.05) is 4.47 Å². The first kappa shape index (κ1) is 12.7. The summed E-state index contributed by atoms with van der Waals surface area (Å²) < 4.78 is 1.06. The lowest BCUT2D eigenvalue weighted by atomic mass is 10.0. The molecule has 1 aromatic rings. The molecule has 0 amide bonds. The van der Waals surface area contributed by atoms with E-state index in [1.54, 1.807) is 0 Å². The van der Waals surface area contributed by atoms with Crippen LogP contribution >= 0.6 is 15.9 Å². The molecule has 0 spiro atoms. The van der Waals surface area contributed by atoms with Gasteiger partial charge in [0.05, 0.1) is 6.10 Å². The van der Waals surface area contributed by atoms with Crippen molar-refractivity contribution in [3.63, 3.8) is 0 Å². The molecule has 15 heavy (non-hydrogen) atoms. The van der Waals surface area contributed by atoms with E-state index in [0.29, 0.717) is 0 Å². The van der Waals surface area contributed by atoms with E-state index in [1.165, 1.54) is 19.3 Å². The van der Waals surface area contributed by atoms with Gasteiger partial charge < -0.3 is 5.11 Å². The van der Waals surface area contributed by atoms with E-state index in [0.717, 1.165) is 22.9 Å². The smallest absolute Gasteiger partial charge is 0.0790 e. The maximum atomic E-state index is 9.90. The molecule has 1 unspecified atom stereocenters. The molecule has 1 N–H and O–H groups in total. The minimum absolute atomic E-state index is 0.296. The summed E-state index contributed by atoms with van der Waals surface area (Å²) in [6, 6.07) is 7.92. The molecule has 2 heteroatoms. The molecule has 0 saturated carbocycles. The van der Waals surface area contributed by atoms with Crippen molar-refractivity contribution in [3.8, 4) is 0 Å². The number of rotatable bonds is 6. The summed E-state index contributed by atoms with van der Waals surface area (Å²) in [5.41, 5.74) is 1.02. The van der Waals surface area contributed by atoms with Crippen LogP contribution in [0.3, 0.4) is 0 Å². The van der Waals surface area contributed by atoms with Crippen molar-refractivity contribution in [1.29, 1.82) is 0 Å². The first-order valence-corrected chi connectivity index (χ1v) is 6.47. The van der Waals surface area contributed by atoms with E-state index in [1.807, 2.05) is 24.3 Å². The van der Waals surface area contributed by atoms with E-state index in [-0.39, 0.29) is 6.10 Å². The van der Waals surface area contributed by atoms with Gasteiger partial charge in [-0.05, 0) is 24.1 Å². The Bertz CT molecular complexity index is 268. The molecule has 0 aliphatic carbocycles. The summed E-state index contributed by atoms with van der Waals surface area (Å²) in [6.45, 7) is 2.20. The molecule has 0 fully saturated rings. The van der Waals surface area contributed by atoms with Gasteiger partial charge in [-0.2, -0.15) is 0 Å². The number of hydrogen-bond acceptors (Lipinski definition) is 1. The maximum Gasteiger partial charge on any atom is 0.0790 e. The topological polar surface area (TPSA) is 20.2 Å². The fourth-order valence-corrected chi connectivity index (χ4v) is 1.88. The lowest BCUT2D eigenvalue weighted by molar-refractivity contribution is 0.163. The van der Waals surface area contributed by atoms with Crippen LogP contribution in [0.2, 0.25) is 0 Å². The highest BCUT2D eigenvalue weighted by molar-refractivity contribution is 9.10. The molecular weight excluding hydrogens is 252 g/mol. The van der Waals surface area contributed by atoms with Crippen LogP contribution in [0.1, 0.15) is 50.7 Å². The molecular formula is C13H19BrO. The quantitative estimate of drug-likeness (QED) is 0.758. The molecule has 1 nitrogen and oxygen atoms in total. The molecule has 0 radical (unpaired) electrons. The van der Waals surface area contributed by atoms with Crippen molar-refractivity contribution in [2.45, 2.75) is 45.1 Å². The second-order valence-electron chi connectivity index (χ2n) is 3.92. The Morgan fingerprint density at radius 1 is 1.13 bits per heavy atom. The van der Waals surface area contributed by atoms with E-state index in [4.69, 9.17) is 0 Å². The standard InChI is InChI=1S/C13H19BrO/c1-2-3-4-5-6-13(15)11-7-9-12(14)10-8-11/h7-10,13,15H,2-6H2,1H3. The van der Waals surface area contributed by atoms with Crippen LogP contribution in [0.4, 0.5) is 0 Å². The third kappa shape index (κ3) is 4.80. The van der Waals surface area contributed by atoms with E-state index in [2.05, 4.69) is 22.9 Å². The molecule has 0 saturated heterocycles. The van der Waals surface area contributed by atoms with Crippen molar-refractivity contribution >= 4 is 15.9 Å². The van der Waals surface area contributed by atoms with Gasteiger partial charge in [0.2, 0.25) is 0 Å². The number of halogens is 1. The summed E-state index contributed by atoms with van der Waals surface area (Å²) in [7, 11) is 0. The van der Waals surface area contributed by atoms with Gasteiger partial charge in [0.25, 0.3) is 0 Å². The average molecular weight is 271 g/mol. The van der Waals surface area contributed by atoms with E-state index >= 15 is 0 Å². The van der Waals surface area contributed by atoms with Crippen LogP contribution in [-0.4, -0.2) is 5.11 Å². The van der Waals surface area contributed by atoms with E-state index in [9.17, 15) is 5.11 Å².